The third-order valence-corrected chi connectivity index (χ3v) is 2.17. The van der Waals surface area contributed by atoms with Gasteiger partial charge in [-0.25, -0.2) is 4.79 Å². The summed E-state index contributed by atoms with van der Waals surface area (Å²) < 4.78 is 4.90. The molecule has 2 atom stereocenters. The number of aliphatic carboxylic acids is 1. The van der Waals surface area contributed by atoms with E-state index in [1.165, 1.54) is 24.3 Å². The number of nitro groups is 1. The van der Waals surface area contributed by atoms with Gasteiger partial charge >= 0.3 is 35.5 Å². The Hall–Kier alpha value is -0.950. The van der Waals surface area contributed by atoms with Gasteiger partial charge in [0.05, 0.1) is 4.92 Å². The van der Waals surface area contributed by atoms with Gasteiger partial charge in [-0.05, 0) is 17.7 Å². The standard InChI is InChI=1S/C9H7NO5.Na.H/c11-9(12)8-7(15-8)5-1-3-6(4-2-5)10(13)14;;/h1-4,7-8H,(H,11,12);;. The van der Waals surface area contributed by atoms with Crippen molar-refractivity contribution in [2.45, 2.75) is 12.2 Å². The molecule has 0 aliphatic carbocycles. The maximum absolute atomic E-state index is 10.5. The van der Waals surface area contributed by atoms with Crippen LogP contribution in [0.2, 0.25) is 0 Å². The van der Waals surface area contributed by atoms with Gasteiger partial charge in [0.2, 0.25) is 0 Å². The van der Waals surface area contributed by atoms with Gasteiger partial charge in [0.25, 0.3) is 5.69 Å². The quantitative estimate of drug-likeness (QED) is 0.354. The van der Waals surface area contributed by atoms with Crippen molar-refractivity contribution in [3.63, 3.8) is 0 Å². The topological polar surface area (TPSA) is 93.0 Å². The number of hydrogen-bond acceptors (Lipinski definition) is 4. The molecule has 0 spiro atoms. The van der Waals surface area contributed by atoms with Crippen molar-refractivity contribution in [2.24, 2.45) is 0 Å². The van der Waals surface area contributed by atoms with Crippen molar-refractivity contribution in [1.82, 2.24) is 0 Å². The molecule has 0 radical (unpaired) electrons. The Bertz CT molecular complexity index is 418. The monoisotopic (exact) mass is 233 g/mol. The SMILES string of the molecule is O=C(O)C1OC1c1ccc([N+](=O)[O-])cc1.[NaH]. The molecule has 1 aromatic rings. The van der Waals surface area contributed by atoms with Crippen LogP contribution in [-0.4, -0.2) is 51.7 Å². The molecule has 1 aliphatic rings. The summed E-state index contributed by atoms with van der Waals surface area (Å²) in [5, 5.41) is 18.9. The molecule has 2 unspecified atom stereocenters. The average Bonchev–Trinajstić information content (AvgIpc) is 2.97. The molecule has 1 heterocycles. The Morgan fingerprint density at radius 3 is 2.31 bits per heavy atom. The number of nitro benzene ring substituents is 1. The van der Waals surface area contributed by atoms with Crippen molar-refractivity contribution in [3.8, 4) is 0 Å². The van der Waals surface area contributed by atoms with E-state index < -0.39 is 23.1 Å². The van der Waals surface area contributed by atoms with E-state index in [0.29, 0.717) is 5.56 Å². The molecule has 1 saturated heterocycles. The van der Waals surface area contributed by atoms with Crippen LogP contribution in [0, 0.1) is 10.1 Å². The second kappa shape index (κ2) is 4.92. The zero-order valence-electron chi connectivity index (χ0n) is 7.49. The minimum atomic E-state index is -1.02. The van der Waals surface area contributed by atoms with E-state index in [9.17, 15) is 14.9 Å². The van der Waals surface area contributed by atoms with Crippen LogP contribution < -0.4 is 0 Å². The Balaban J connectivity index is 0.00000128. The van der Waals surface area contributed by atoms with Gasteiger partial charge < -0.3 is 9.84 Å². The van der Waals surface area contributed by atoms with Gasteiger partial charge in [0, 0.05) is 12.1 Å². The summed E-state index contributed by atoms with van der Waals surface area (Å²) in [7, 11) is 0. The normalized spacial score (nSPS) is 22.0. The van der Waals surface area contributed by atoms with Crippen molar-refractivity contribution in [3.05, 3.63) is 39.9 Å². The molecule has 16 heavy (non-hydrogen) atoms. The Labute approximate surface area is 113 Å². The first-order valence-electron chi connectivity index (χ1n) is 4.22. The summed E-state index contributed by atoms with van der Waals surface area (Å²) in [5.41, 5.74) is 0.624. The first-order valence-corrected chi connectivity index (χ1v) is 4.22. The average molecular weight is 233 g/mol. The predicted molar refractivity (Wildman–Crippen MR) is 55.5 cm³/mol. The van der Waals surface area contributed by atoms with E-state index in [2.05, 4.69) is 0 Å². The van der Waals surface area contributed by atoms with Crippen LogP contribution in [0.25, 0.3) is 0 Å². The molecule has 80 valence electrons. The fourth-order valence-electron chi connectivity index (χ4n) is 1.34. The van der Waals surface area contributed by atoms with Gasteiger partial charge in [-0.1, -0.05) is 0 Å². The van der Waals surface area contributed by atoms with Gasteiger partial charge in [-0.3, -0.25) is 10.1 Å². The van der Waals surface area contributed by atoms with Crippen LogP contribution in [0.3, 0.4) is 0 Å². The summed E-state index contributed by atoms with van der Waals surface area (Å²) in [4.78, 5) is 20.3. The molecule has 7 heteroatoms. The first kappa shape index (κ1) is 13.1. The Morgan fingerprint density at radius 2 is 1.94 bits per heavy atom. The summed E-state index contributed by atoms with van der Waals surface area (Å²) in [6, 6.07) is 5.67. The van der Waals surface area contributed by atoms with Crippen LogP contribution in [0.5, 0.6) is 0 Å². The second-order valence-electron chi connectivity index (χ2n) is 3.16. The van der Waals surface area contributed by atoms with E-state index in [4.69, 9.17) is 9.84 Å². The fourth-order valence-corrected chi connectivity index (χ4v) is 1.34. The van der Waals surface area contributed by atoms with Crippen LogP contribution in [0.4, 0.5) is 5.69 Å². The fraction of sp³-hybridized carbons (Fsp3) is 0.222. The van der Waals surface area contributed by atoms with E-state index in [0.717, 1.165) is 0 Å². The minimum absolute atomic E-state index is 0. The number of rotatable bonds is 3. The molecular formula is C9H8NNaO5. The van der Waals surface area contributed by atoms with Crippen LogP contribution in [-0.2, 0) is 9.53 Å². The molecule has 1 aliphatic heterocycles. The molecular weight excluding hydrogens is 225 g/mol. The predicted octanol–water partition coefficient (Wildman–Crippen LogP) is 0.471. The number of carboxylic acids is 1. The number of benzene rings is 1. The number of non-ortho nitro benzene ring substituents is 1. The van der Waals surface area contributed by atoms with E-state index in [-0.39, 0.29) is 35.2 Å². The van der Waals surface area contributed by atoms with Crippen molar-refractivity contribution < 1.29 is 19.6 Å². The molecule has 0 saturated carbocycles. The third-order valence-electron chi connectivity index (χ3n) is 2.17. The Morgan fingerprint density at radius 1 is 1.38 bits per heavy atom. The van der Waals surface area contributed by atoms with Gasteiger partial charge in [0.1, 0.15) is 6.10 Å². The zero-order valence-corrected chi connectivity index (χ0v) is 7.49. The molecule has 1 aromatic carbocycles. The number of ether oxygens (including phenoxy) is 1. The van der Waals surface area contributed by atoms with E-state index >= 15 is 0 Å². The van der Waals surface area contributed by atoms with Gasteiger partial charge in [0.15, 0.2) is 6.10 Å². The Kier molecular flexibility index (Phi) is 4.03. The summed E-state index contributed by atoms with van der Waals surface area (Å²) in [6.45, 7) is 0. The zero-order chi connectivity index (χ0) is 11.0. The molecule has 0 aromatic heterocycles. The van der Waals surface area contributed by atoms with E-state index in [1.54, 1.807) is 0 Å². The van der Waals surface area contributed by atoms with E-state index in [1.807, 2.05) is 0 Å². The molecule has 6 nitrogen and oxygen atoms in total. The van der Waals surface area contributed by atoms with Crippen LogP contribution >= 0.6 is 0 Å². The van der Waals surface area contributed by atoms with Crippen molar-refractivity contribution in [2.75, 3.05) is 0 Å². The first-order chi connectivity index (χ1) is 7.09. The number of carboxylic acid groups (broad SMARTS) is 1. The number of hydrogen-bond donors (Lipinski definition) is 1. The maximum atomic E-state index is 10.5. The van der Waals surface area contributed by atoms with Crippen LogP contribution in [0.15, 0.2) is 24.3 Å². The number of carbonyl (C=O) groups is 1. The summed E-state index contributed by atoms with van der Waals surface area (Å²) >= 11 is 0. The summed E-state index contributed by atoms with van der Waals surface area (Å²) in [6.07, 6.45) is -1.28. The molecule has 1 fully saturated rings. The van der Waals surface area contributed by atoms with Gasteiger partial charge in [-0.15, -0.1) is 0 Å². The van der Waals surface area contributed by atoms with Crippen molar-refractivity contribution >= 4 is 41.2 Å². The molecule has 0 bridgehead atoms. The third kappa shape index (κ3) is 2.59. The van der Waals surface area contributed by atoms with Gasteiger partial charge in [-0.2, -0.15) is 0 Å². The van der Waals surface area contributed by atoms with Crippen LogP contribution in [0.1, 0.15) is 11.7 Å². The number of epoxide rings is 1. The molecule has 2 rings (SSSR count). The molecule has 1 N–H and O–H groups in total. The second-order valence-corrected chi connectivity index (χ2v) is 3.16. The number of nitrogens with zero attached hydrogens (tertiary/aromatic N) is 1. The summed E-state index contributed by atoms with van der Waals surface area (Å²) in [5.74, 6) is -1.02. The molecule has 0 amide bonds. The van der Waals surface area contributed by atoms with Crippen molar-refractivity contribution in [1.29, 1.82) is 0 Å².